The number of hydrogen-bond acceptors (Lipinski definition) is 8. The van der Waals surface area contributed by atoms with Crippen LogP contribution in [0.15, 0.2) is 30.5 Å². The number of phenols is 1. The van der Waals surface area contributed by atoms with Gasteiger partial charge in [-0.2, -0.15) is 9.97 Å². The third-order valence-corrected chi connectivity index (χ3v) is 14.7. The molecule has 1 aliphatic carbocycles. The van der Waals surface area contributed by atoms with Crippen LogP contribution < -0.4 is 15.0 Å². The maximum absolute atomic E-state index is 17.0. The van der Waals surface area contributed by atoms with Crippen LogP contribution in [0.2, 0.25) is 25.2 Å². The number of benzene rings is 2. The summed E-state index contributed by atoms with van der Waals surface area (Å²) in [4.78, 5) is 18.4. The smallest absolute Gasteiger partial charge is 0.319 e. The van der Waals surface area contributed by atoms with Gasteiger partial charge in [-0.15, -0.1) is 6.42 Å². The lowest BCUT2D eigenvalue weighted by Gasteiger charge is -2.39. The van der Waals surface area contributed by atoms with Gasteiger partial charge < -0.3 is 20.1 Å². The summed E-state index contributed by atoms with van der Waals surface area (Å²) in [6.07, 6.45) is 8.52. The fraction of sp³-hybridized carbons (Fsp3) is 0.486. The van der Waals surface area contributed by atoms with E-state index in [9.17, 15) is 13.9 Å². The largest absolute Gasteiger partial charge is 0.508 e. The van der Waals surface area contributed by atoms with Crippen molar-refractivity contribution in [3.63, 3.8) is 0 Å². The molecular weight excluding hydrogens is 646 g/mol. The number of aromatic hydroxyl groups is 1. The van der Waals surface area contributed by atoms with E-state index >= 15 is 4.39 Å². The van der Waals surface area contributed by atoms with Gasteiger partial charge in [0.25, 0.3) is 0 Å². The Morgan fingerprint density at radius 2 is 1.90 bits per heavy atom. The third kappa shape index (κ3) is 4.76. The summed E-state index contributed by atoms with van der Waals surface area (Å²) in [5, 5.41) is 15.6. The molecule has 2 bridgehead atoms. The number of terminal acetylenes is 1. The van der Waals surface area contributed by atoms with Crippen LogP contribution in [0.1, 0.15) is 24.8 Å². The van der Waals surface area contributed by atoms with Gasteiger partial charge in [-0.1, -0.05) is 31.6 Å². The summed E-state index contributed by atoms with van der Waals surface area (Å²) in [6, 6.07) is 6.17. The zero-order chi connectivity index (χ0) is 34.0. The lowest BCUT2D eigenvalue weighted by Crippen LogP contribution is -2.55. The van der Waals surface area contributed by atoms with E-state index in [2.05, 4.69) is 50.6 Å². The Balaban J connectivity index is 1.16. The molecule has 4 aliphatic heterocycles. The van der Waals surface area contributed by atoms with Crippen LogP contribution in [0.25, 0.3) is 32.9 Å². The summed E-state index contributed by atoms with van der Waals surface area (Å²) in [5.41, 5.74) is 0.354. The van der Waals surface area contributed by atoms with Crippen LogP contribution in [0.4, 0.5) is 19.0 Å². The monoisotopic (exact) mass is 684 g/mol. The Kier molecular flexibility index (Phi) is 6.84. The summed E-state index contributed by atoms with van der Waals surface area (Å²) in [5.74, 6) is 2.69. The molecule has 7 atom stereocenters. The Hall–Kier alpha value is -3.92. The molecule has 12 heteroatoms. The van der Waals surface area contributed by atoms with E-state index in [0.717, 1.165) is 38.0 Å². The van der Waals surface area contributed by atoms with Crippen molar-refractivity contribution in [1.82, 2.24) is 25.2 Å². The lowest BCUT2D eigenvalue weighted by atomic mass is 9.95. The van der Waals surface area contributed by atoms with E-state index in [1.165, 1.54) is 24.3 Å². The van der Waals surface area contributed by atoms with Crippen molar-refractivity contribution < 1.29 is 23.0 Å². The topological polar surface area (TPSA) is 86.6 Å². The first-order valence-corrected chi connectivity index (χ1v) is 20.8. The van der Waals surface area contributed by atoms with E-state index in [1.54, 1.807) is 6.20 Å². The van der Waals surface area contributed by atoms with Crippen molar-refractivity contribution in [2.75, 3.05) is 37.7 Å². The fourth-order valence-corrected chi connectivity index (χ4v) is 13.1. The molecule has 5 fully saturated rings. The predicted molar refractivity (Wildman–Crippen MR) is 185 cm³/mol. The first kappa shape index (κ1) is 31.1. The molecule has 4 saturated heterocycles. The highest BCUT2D eigenvalue weighted by Gasteiger charge is 2.67. The zero-order valence-corrected chi connectivity index (χ0v) is 28.8. The van der Waals surface area contributed by atoms with Gasteiger partial charge in [0.1, 0.15) is 41.4 Å². The first-order valence-electron chi connectivity index (χ1n) is 17.3. The average molecular weight is 685 g/mol. The number of phenolic OH excluding ortho intramolecular Hbond substituents is 1. The van der Waals surface area contributed by atoms with Crippen LogP contribution in [-0.4, -0.2) is 89.6 Å². The van der Waals surface area contributed by atoms with Gasteiger partial charge in [-0.3, -0.25) is 9.88 Å². The fourth-order valence-electron chi connectivity index (χ4n) is 10.0. The minimum Gasteiger partial charge on any atom is -0.508 e. The molecule has 49 heavy (non-hydrogen) atoms. The Morgan fingerprint density at radius 3 is 2.63 bits per heavy atom. The summed E-state index contributed by atoms with van der Waals surface area (Å²) in [6.45, 7) is 10.2. The van der Waals surface area contributed by atoms with Gasteiger partial charge in [-0.25, -0.2) is 13.2 Å². The molecule has 5 aliphatic rings. The molecule has 2 aromatic heterocycles. The highest BCUT2D eigenvalue weighted by atomic mass is 28.3. The van der Waals surface area contributed by atoms with E-state index in [-0.39, 0.29) is 46.1 Å². The third-order valence-electron chi connectivity index (χ3n) is 11.9. The summed E-state index contributed by atoms with van der Waals surface area (Å²) >= 11 is 0. The predicted octanol–water partition coefficient (Wildman–Crippen LogP) is 5.88. The minimum absolute atomic E-state index is 0.00624. The van der Waals surface area contributed by atoms with Crippen molar-refractivity contribution in [1.29, 1.82) is 0 Å². The minimum atomic E-state index is -1.31. The van der Waals surface area contributed by atoms with Gasteiger partial charge >= 0.3 is 6.01 Å². The van der Waals surface area contributed by atoms with Crippen molar-refractivity contribution in [2.45, 2.75) is 68.2 Å². The molecule has 2 aromatic carbocycles. The lowest BCUT2D eigenvalue weighted by molar-refractivity contribution is 0.107. The number of aromatic nitrogens is 3. The second-order valence-electron chi connectivity index (χ2n) is 15.9. The van der Waals surface area contributed by atoms with Crippen molar-refractivity contribution >= 4 is 35.6 Å². The van der Waals surface area contributed by atoms with Crippen molar-refractivity contribution in [2.24, 2.45) is 11.8 Å². The molecule has 4 aromatic rings. The Labute approximate surface area is 284 Å². The number of alkyl halides is 1. The van der Waals surface area contributed by atoms with Crippen molar-refractivity contribution in [3.8, 4) is 35.4 Å². The van der Waals surface area contributed by atoms with Gasteiger partial charge in [-0.05, 0) is 60.3 Å². The van der Waals surface area contributed by atoms with E-state index < -0.39 is 31.4 Å². The molecule has 0 amide bonds. The van der Waals surface area contributed by atoms with Crippen LogP contribution in [-0.2, 0) is 0 Å². The van der Waals surface area contributed by atoms with Crippen molar-refractivity contribution in [3.05, 3.63) is 47.7 Å². The second kappa shape index (κ2) is 10.8. The van der Waals surface area contributed by atoms with Gasteiger partial charge in [0.2, 0.25) is 0 Å². The number of anilines is 1. The van der Waals surface area contributed by atoms with Crippen LogP contribution in [0.5, 0.6) is 11.8 Å². The number of piperidine rings is 1. The normalized spacial score (nSPS) is 30.5. The first-order chi connectivity index (χ1) is 23.5. The number of ether oxygens (including phenoxy) is 1. The average Bonchev–Trinajstić information content (AvgIpc) is 3.52. The molecule has 8 nitrogen and oxygen atoms in total. The molecule has 254 valence electrons. The Bertz CT molecular complexity index is 2070. The highest BCUT2D eigenvalue weighted by Crippen LogP contribution is 2.65. The Morgan fingerprint density at radius 1 is 1.12 bits per heavy atom. The summed E-state index contributed by atoms with van der Waals surface area (Å²) in [7, 11) is -1.31. The number of hydrogen-bond donors (Lipinski definition) is 2. The molecule has 1 saturated carbocycles. The van der Waals surface area contributed by atoms with Gasteiger partial charge in [0, 0.05) is 63.4 Å². The molecule has 2 N–H and O–H groups in total. The molecule has 0 spiro atoms. The van der Waals surface area contributed by atoms with Crippen LogP contribution in [0, 0.1) is 35.8 Å². The standard InChI is InChI=1S/C37H39F3N6O2Si/c1-5-22-25(39)8-7-19-11-21(47)12-23(28(19)22)32-31(40)33-24(14-41-32)35(45-16-26-29-30(27(17-45)42-26)34(29)49(2,3)4)44-36(43-33)48-18-37-9-6-10-46(37)15-20(38)13-37/h1,7-8,11-12,14,20,26-27,29-30,34,42,47H,6,9-10,13,15-18H2,2-4H3/t20-,26-,27+,29-,30+,34?,37+/m1/s1. The molecule has 6 heterocycles. The number of piperazine rings is 1. The SMILES string of the molecule is C#Cc1c(F)ccc2cc(O)cc(-c3ncc4c(N5C[C@@H]6N[C@H](C5)[C@H]5C([Si](C)(C)C)[C@H]56)nc(OC[C@@]56CCCN5C[C@H](F)C6)nc4c3F)c12. The van der Waals surface area contributed by atoms with E-state index in [0.29, 0.717) is 53.5 Å². The number of halogens is 3. The number of nitrogens with one attached hydrogen (secondary N) is 1. The van der Waals surface area contributed by atoms with Gasteiger partial charge in [0.05, 0.1) is 16.5 Å². The maximum Gasteiger partial charge on any atom is 0.319 e. The second-order valence-corrected chi connectivity index (χ2v) is 21.3. The highest BCUT2D eigenvalue weighted by molar-refractivity contribution is 6.78. The number of pyridine rings is 1. The zero-order valence-electron chi connectivity index (χ0n) is 27.8. The molecular formula is C37H39F3N6O2Si. The van der Waals surface area contributed by atoms with Gasteiger partial charge in [0.15, 0.2) is 5.82 Å². The molecule has 9 rings (SSSR count). The van der Waals surface area contributed by atoms with Crippen LogP contribution >= 0.6 is 0 Å². The number of fused-ring (bicyclic) bond motifs is 8. The molecule has 1 unspecified atom stereocenters. The number of rotatable bonds is 6. The summed E-state index contributed by atoms with van der Waals surface area (Å²) < 4.78 is 52.8. The number of nitrogens with zero attached hydrogens (tertiary/aromatic N) is 5. The van der Waals surface area contributed by atoms with Crippen LogP contribution in [0.3, 0.4) is 0 Å². The van der Waals surface area contributed by atoms with E-state index in [4.69, 9.17) is 16.1 Å². The maximum atomic E-state index is 17.0. The van der Waals surface area contributed by atoms with E-state index in [1.807, 2.05) is 0 Å². The quantitative estimate of drug-likeness (QED) is 0.193. The molecule has 0 radical (unpaired) electrons.